The van der Waals surface area contributed by atoms with Crippen molar-refractivity contribution in [2.24, 2.45) is 0 Å². The molecular weight excluding hydrogens is 276 g/mol. The molecule has 0 bridgehead atoms. The Bertz CT molecular complexity index is 662. The average molecular weight is 294 g/mol. The van der Waals surface area contributed by atoms with Crippen molar-refractivity contribution in [1.29, 1.82) is 0 Å². The lowest BCUT2D eigenvalue weighted by molar-refractivity contribution is 0.574. The number of nitrogens with zero attached hydrogens (tertiary/aromatic N) is 3. The summed E-state index contributed by atoms with van der Waals surface area (Å²) in [5.41, 5.74) is 0.850. The van der Waals surface area contributed by atoms with Crippen LogP contribution in [0.1, 0.15) is 19.2 Å². The fraction of sp³-hybridized carbons (Fsp3) is 0.385. The van der Waals surface area contributed by atoms with Crippen molar-refractivity contribution in [2.45, 2.75) is 31.3 Å². The summed E-state index contributed by atoms with van der Waals surface area (Å²) in [6.07, 6.45) is 3.74. The number of nitrogens with one attached hydrogen (secondary N) is 1. The van der Waals surface area contributed by atoms with Gasteiger partial charge in [-0.2, -0.15) is 5.10 Å². The molecule has 0 amide bonds. The van der Waals surface area contributed by atoms with Crippen molar-refractivity contribution in [3.05, 3.63) is 36.4 Å². The van der Waals surface area contributed by atoms with E-state index in [0.29, 0.717) is 11.4 Å². The Morgan fingerprint density at radius 1 is 1.25 bits per heavy atom. The summed E-state index contributed by atoms with van der Waals surface area (Å²) in [5.74, 6) is 0.860. The smallest absolute Gasteiger partial charge is 0.175 e. The minimum absolute atomic E-state index is 0.317. The van der Waals surface area contributed by atoms with Crippen LogP contribution in [-0.2, 0) is 22.9 Å². The van der Waals surface area contributed by atoms with Crippen LogP contribution in [0.15, 0.2) is 35.5 Å². The van der Waals surface area contributed by atoms with E-state index in [1.807, 2.05) is 4.68 Å². The fourth-order valence-electron chi connectivity index (χ4n) is 1.82. The van der Waals surface area contributed by atoms with Crippen molar-refractivity contribution in [2.75, 3.05) is 11.6 Å². The SMILES string of the molecule is CCCn1ncnc1CNc1ccc(S(C)(=O)=O)cc1. The van der Waals surface area contributed by atoms with Gasteiger partial charge < -0.3 is 5.32 Å². The molecule has 0 radical (unpaired) electrons. The number of benzene rings is 1. The maximum absolute atomic E-state index is 11.4. The summed E-state index contributed by atoms with van der Waals surface area (Å²) in [4.78, 5) is 4.52. The van der Waals surface area contributed by atoms with E-state index >= 15 is 0 Å². The second-order valence-corrected chi connectivity index (χ2v) is 6.57. The highest BCUT2D eigenvalue weighted by atomic mass is 32.2. The van der Waals surface area contributed by atoms with Crippen molar-refractivity contribution in [3.63, 3.8) is 0 Å². The van der Waals surface area contributed by atoms with E-state index in [0.717, 1.165) is 24.5 Å². The van der Waals surface area contributed by atoms with E-state index in [1.165, 1.54) is 6.26 Å². The van der Waals surface area contributed by atoms with E-state index in [9.17, 15) is 8.42 Å². The van der Waals surface area contributed by atoms with Crippen LogP contribution >= 0.6 is 0 Å². The van der Waals surface area contributed by atoms with Gasteiger partial charge in [0.2, 0.25) is 0 Å². The average Bonchev–Trinajstić information content (AvgIpc) is 2.84. The van der Waals surface area contributed by atoms with Crippen LogP contribution in [0.5, 0.6) is 0 Å². The first-order valence-electron chi connectivity index (χ1n) is 6.41. The highest BCUT2D eigenvalue weighted by Crippen LogP contribution is 2.14. The third-order valence-electron chi connectivity index (χ3n) is 2.86. The third-order valence-corrected chi connectivity index (χ3v) is 3.99. The van der Waals surface area contributed by atoms with Gasteiger partial charge in [-0.1, -0.05) is 6.92 Å². The monoisotopic (exact) mass is 294 g/mol. The van der Waals surface area contributed by atoms with E-state index in [2.05, 4.69) is 22.3 Å². The van der Waals surface area contributed by atoms with Gasteiger partial charge in [0.1, 0.15) is 12.2 Å². The first-order chi connectivity index (χ1) is 9.50. The standard InChI is InChI=1S/C13H18N4O2S/c1-3-8-17-13(15-10-16-17)9-14-11-4-6-12(7-5-11)20(2,18)19/h4-7,10,14H,3,8-9H2,1-2H3. The predicted octanol–water partition coefficient (Wildman–Crippen LogP) is 1.70. The van der Waals surface area contributed by atoms with Gasteiger partial charge in [0, 0.05) is 18.5 Å². The molecule has 0 aliphatic heterocycles. The van der Waals surface area contributed by atoms with Crippen molar-refractivity contribution < 1.29 is 8.42 Å². The van der Waals surface area contributed by atoms with Gasteiger partial charge in [0.15, 0.2) is 9.84 Å². The van der Waals surface area contributed by atoms with Gasteiger partial charge in [0.05, 0.1) is 11.4 Å². The molecule has 0 unspecified atom stereocenters. The highest BCUT2D eigenvalue weighted by molar-refractivity contribution is 7.90. The van der Waals surface area contributed by atoms with Crippen molar-refractivity contribution >= 4 is 15.5 Å². The molecule has 2 aromatic rings. The maximum atomic E-state index is 11.4. The van der Waals surface area contributed by atoms with Crippen molar-refractivity contribution in [1.82, 2.24) is 14.8 Å². The van der Waals surface area contributed by atoms with E-state index < -0.39 is 9.84 Å². The summed E-state index contributed by atoms with van der Waals surface area (Å²) >= 11 is 0. The molecule has 1 aromatic heterocycles. The molecule has 1 heterocycles. The summed E-state index contributed by atoms with van der Waals surface area (Å²) in [7, 11) is -3.15. The number of hydrogen-bond donors (Lipinski definition) is 1. The molecular formula is C13H18N4O2S. The van der Waals surface area contributed by atoms with Crippen LogP contribution in [0, 0.1) is 0 Å². The zero-order valence-corrected chi connectivity index (χ0v) is 12.4. The Labute approximate surface area is 118 Å². The number of rotatable bonds is 6. The molecule has 0 spiro atoms. The minimum atomic E-state index is -3.15. The Morgan fingerprint density at radius 3 is 2.55 bits per heavy atom. The van der Waals surface area contributed by atoms with Gasteiger partial charge in [-0.3, -0.25) is 0 Å². The summed E-state index contributed by atoms with van der Waals surface area (Å²) in [6, 6.07) is 6.68. The summed E-state index contributed by atoms with van der Waals surface area (Å²) in [6.45, 7) is 3.48. The Morgan fingerprint density at radius 2 is 1.95 bits per heavy atom. The Kier molecular flexibility index (Phi) is 4.39. The number of sulfone groups is 1. The lowest BCUT2D eigenvalue weighted by Gasteiger charge is -2.08. The molecule has 7 heteroatoms. The van der Waals surface area contributed by atoms with Crippen LogP contribution in [0.25, 0.3) is 0 Å². The molecule has 0 atom stereocenters. The van der Waals surface area contributed by atoms with E-state index in [-0.39, 0.29) is 0 Å². The predicted molar refractivity (Wildman–Crippen MR) is 77.2 cm³/mol. The Balaban J connectivity index is 2.02. The maximum Gasteiger partial charge on any atom is 0.175 e. The molecule has 0 aliphatic rings. The number of hydrogen-bond acceptors (Lipinski definition) is 5. The van der Waals surface area contributed by atoms with E-state index in [1.54, 1.807) is 30.6 Å². The molecule has 1 N–H and O–H groups in total. The summed E-state index contributed by atoms with van der Waals surface area (Å²) < 4.78 is 24.6. The zero-order chi connectivity index (χ0) is 14.6. The van der Waals surface area contributed by atoms with Gasteiger partial charge in [-0.25, -0.2) is 18.1 Å². The first kappa shape index (κ1) is 14.5. The molecule has 0 saturated heterocycles. The van der Waals surface area contributed by atoms with Crippen LogP contribution in [0.2, 0.25) is 0 Å². The molecule has 108 valence electrons. The molecule has 20 heavy (non-hydrogen) atoms. The highest BCUT2D eigenvalue weighted by Gasteiger charge is 2.07. The topological polar surface area (TPSA) is 76.9 Å². The molecule has 1 aromatic carbocycles. The largest absolute Gasteiger partial charge is 0.378 e. The fourth-order valence-corrected chi connectivity index (χ4v) is 2.46. The molecule has 0 aliphatic carbocycles. The normalized spacial score (nSPS) is 11.5. The second kappa shape index (κ2) is 6.04. The number of aromatic nitrogens is 3. The molecule has 0 saturated carbocycles. The van der Waals surface area contributed by atoms with Gasteiger partial charge in [-0.15, -0.1) is 0 Å². The summed E-state index contributed by atoms with van der Waals surface area (Å²) in [5, 5.41) is 7.36. The van der Waals surface area contributed by atoms with Gasteiger partial charge >= 0.3 is 0 Å². The van der Waals surface area contributed by atoms with Gasteiger partial charge in [-0.05, 0) is 30.7 Å². The zero-order valence-electron chi connectivity index (χ0n) is 11.6. The minimum Gasteiger partial charge on any atom is -0.378 e. The third kappa shape index (κ3) is 3.57. The number of anilines is 1. The second-order valence-electron chi connectivity index (χ2n) is 4.55. The quantitative estimate of drug-likeness (QED) is 0.877. The lowest BCUT2D eigenvalue weighted by atomic mass is 10.3. The van der Waals surface area contributed by atoms with Crippen LogP contribution in [0.3, 0.4) is 0 Å². The van der Waals surface area contributed by atoms with Crippen LogP contribution in [-0.4, -0.2) is 29.4 Å². The van der Waals surface area contributed by atoms with Crippen LogP contribution < -0.4 is 5.32 Å². The first-order valence-corrected chi connectivity index (χ1v) is 8.30. The lowest BCUT2D eigenvalue weighted by Crippen LogP contribution is -2.10. The number of aryl methyl sites for hydroxylation is 1. The molecule has 6 nitrogen and oxygen atoms in total. The van der Waals surface area contributed by atoms with Crippen LogP contribution in [0.4, 0.5) is 5.69 Å². The van der Waals surface area contributed by atoms with Gasteiger partial charge in [0.25, 0.3) is 0 Å². The van der Waals surface area contributed by atoms with Crippen molar-refractivity contribution in [3.8, 4) is 0 Å². The molecule has 2 rings (SSSR count). The Hall–Kier alpha value is -1.89. The molecule has 0 fully saturated rings. The van der Waals surface area contributed by atoms with E-state index in [4.69, 9.17) is 0 Å².